The first-order chi connectivity index (χ1) is 12.6. The van der Waals surface area contributed by atoms with Crippen molar-refractivity contribution >= 4 is 33.4 Å². The first-order valence-corrected chi connectivity index (χ1v) is 9.83. The fraction of sp³-hybridized carbons (Fsp3) is 0.278. The maximum Gasteiger partial charge on any atom is 0.304 e. The van der Waals surface area contributed by atoms with E-state index in [0.717, 1.165) is 26.3 Å². The molecule has 1 amide bonds. The van der Waals surface area contributed by atoms with Crippen LogP contribution in [0, 0.1) is 5.82 Å². The fourth-order valence-electron chi connectivity index (χ4n) is 2.31. The van der Waals surface area contributed by atoms with E-state index in [1.807, 2.05) is 0 Å². The van der Waals surface area contributed by atoms with Crippen molar-refractivity contribution in [2.75, 3.05) is 32.0 Å². The van der Waals surface area contributed by atoms with Gasteiger partial charge in [-0.25, -0.2) is 8.70 Å². The van der Waals surface area contributed by atoms with Crippen LogP contribution in [0.5, 0.6) is 0 Å². The number of carbonyl (C=O) groups excluding carboxylic acids is 1. The van der Waals surface area contributed by atoms with Gasteiger partial charge < -0.3 is 4.90 Å². The Kier molecular flexibility index (Phi) is 6.80. The molecule has 0 aliphatic carbocycles. The highest BCUT2D eigenvalue weighted by atomic mass is 35.5. The van der Waals surface area contributed by atoms with Gasteiger partial charge in [0.25, 0.3) is 0 Å². The molecule has 9 heteroatoms. The molecule has 0 heterocycles. The number of hydrogen-bond donors (Lipinski definition) is 0. The minimum Gasteiger partial charge on any atom is -0.340 e. The highest BCUT2D eigenvalue weighted by Crippen LogP contribution is 2.20. The molecule has 0 unspecified atom stereocenters. The van der Waals surface area contributed by atoms with E-state index in [-0.39, 0.29) is 5.69 Å². The second-order valence-electron chi connectivity index (χ2n) is 6.15. The molecule has 0 fully saturated rings. The van der Waals surface area contributed by atoms with Crippen LogP contribution in [0.4, 0.5) is 10.1 Å². The van der Waals surface area contributed by atoms with Crippen molar-refractivity contribution < 1.29 is 17.6 Å². The molecule has 6 nitrogen and oxygen atoms in total. The average molecular weight is 414 g/mol. The first kappa shape index (κ1) is 21.1. The third kappa shape index (κ3) is 5.41. The molecule has 27 heavy (non-hydrogen) atoms. The van der Waals surface area contributed by atoms with E-state index in [2.05, 4.69) is 0 Å². The number of amides is 1. The summed E-state index contributed by atoms with van der Waals surface area (Å²) in [5.74, 6) is -0.896. The van der Waals surface area contributed by atoms with E-state index in [4.69, 9.17) is 11.6 Å². The maximum atomic E-state index is 13.2. The molecule has 2 aromatic rings. The standard InChI is InChI=1S/C18H21ClFN3O3S/c1-21(2)27(25,26)23(17-10-8-16(20)9-11-17)13-18(24)22(3)12-14-4-6-15(19)7-5-14/h4-11H,12-13H2,1-3H3. The van der Waals surface area contributed by atoms with Crippen molar-refractivity contribution in [3.8, 4) is 0 Å². The molecular weight excluding hydrogens is 393 g/mol. The van der Waals surface area contributed by atoms with Crippen LogP contribution >= 0.6 is 11.6 Å². The van der Waals surface area contributed by atoms with Crippen LogP contribution in [-0.2, 0) is 21.5 Å². The first-order valence-electron chi connectivity index (χ1n) is 8.05. The quantitative estimate of drug-likeness (QED) is 0.701. The Balaban J connectivity index is 2.22. The van der Waals surface area contributed by atoms with Gasteiger partial charge in [-0.15, -0.1) is 0 Å². The lowest BCUT2D eigenvalue weighted by atomic mass is 10.2. The van der Waals surface area contributed by atoms with E-state index in [1.165, 1.54) is 31.1 Å². The lowest BCUT2D eigenvalue weighted by Gasteiger charge is -2.28. The predicted molar refractivity (Wildman–Crippen MR) is 104 cm³/mol. The van der Waals surface area contributed by atoms with Crippen molar-refractivity contribution in [2.45, 2.75) is 6.54 Å². The summed E-state index contributed by atoms with van der Waals surface area (Å²) in [6, 6.07) is 12.0. The summed E-state index contributed by atoms with van der Waals surface area (Å²) in [4.78, 5) is 14.1. The average Bonchev–Trinajstić information content (AvgIpc) is 2.62. The van der Waals surface area contributed by atoms with Gasteiger partial charge in [0.1, 0.15) is 12.4 Å². The third-order valence-electron chi connectivity index (χ3n) is 3.89. The third-order valence-corrected chi connectivity index (χ3v) is 5.96. The van der Waals surface area contributed by atoms with Gasteiger partial charge in [0.2, 0.25) is 5.91 Å². The van der Waals surface area contributed by atoms with Gasteiger partial charge in [-0.2, -0.15) is 12.7 Å². The largest absolute Gasteiger partial charge is 0.340 e. The number of rotatable bonds is 7. The van der Waals surface area contributed by atoms with Crippen molar-refractivity contribution in [1.82, 2.24) is 9.21 Å². The highest BCUT2D eigenvalue weighted by molar-refractivity contribution is 7.90. The topological polar surface area (TPSA) is 60.9 Å². The lowest BCUT2D eigenvalue weighted by molar-refractivity contribution is -0.128. The lowest BCUT2D eigenvalue weighted by Crippen LogP contribution is -2.46. The van der Waals surface area contributed by atoms with E-state index < -0.39 is 28.5 Å². The van der Waals surface area contributed by atoms with E-state index >= 15 is 0 Å². The van der Waals surface area contributed by atoms with Crippen molar-refractivity contribution in [2.24, 2.45) is 0 Å². The summed E-state index contributed by atoms with van der Waals surface area (Å²) in [6.45, 7) is -0.106. The van der Waals surface area contributed by atoms with Gasteiger partial charge in [-0.1, -0.05) is 23.7 Å². The number of carbonyl (C=O) groups is 1. The molecule has 0 aliphatic heterocycles. The Morgan fingerprint density at radius 2 is 1.56 bits per heavy atom. The summed E-state index contributed by atoms with van der Waals surface area (Å²) < 4.78 is 40.4. The van der Waals surface area contributed by atoms with Crippen LogP contribution in [0.3, 0.4) is 0 Å². The van der Waals surface area contributed by atoms with Crippen LogP contribution < -0.4 is 4.31 Å². The Hall–Kier alpha value is -2.16. The number of halogens is 2. The number of hydrogen-bond acceptors (Lipinski definition) is 3. The molecule has 0 atom stereocenters. The van der Waals surface area contributed by atoms with Gasteiger partial charge in [-0.05, 0) is 42.0 Å². The van der Waals surface area contributed by atoms with E-state index in [0.29, 0.717) is 11.6 Å². The Morgan fingerprint density at radius 1 is 1.00 bits per heavy atom. The molecule has 2 rings (SSSR count). The Morgan fingerprint density at radius 3 is 2.07 bits per heavy atom. The summed E-state index contributed by atoms with van der Waals surface area (Å²) >= 11 is 5.85. The van der Waals surface area contributed by atoms with Crippen molar-refractivity contribution in [3.63, 3.8) is 0 Å². The maximum absolute atomic E-state index is 13.2. The van der Waals surface area contributed by atoms with Crippen molar-refractivity contribution in [1.29, 1.82) is 0 Å². The van der Waals surface area contributed by atoms with Crippen molar-refractivity contribution in [3.05, 3.63) is 64.9 Å². The monoisotopic (exact) mass is 413 g/mol. The predicted octanol–water partition coefficient (Wildman–Crippen LogP) is 2.75. The zero-order valence-electron chi connectivity index (χ0n) is 15.3. The molecule has 0 aromatic heterocycles. The van der Waals surface area contributed by atoms with Gasteiger partial charge in [0, 0.05) is 32.7 Å². The zero-order chi connectivity index (χ0) is 20.2. The van der Waals surface area contributed by atoms with Gasteiger partial charge in [0.05, 0.1) is 5.69 Å². The molecule has 0 saturated heterocycles. The minimum atomic E-state index is -3.93. The smallest absolute Gasteiger partial charge is 0.304 e. The highest BCUT2D eigenvalue weighted by Gasteiger charge is 2.28. The second kappa shape index (κ2) is 8.69. The molecule has 146 valence electrons. The zero-order valence-corrected chi connectivity index (χ0v) is 16.8. The molecule has 0 N–H and O–H groups in total. The molecule has 0 bridgehead atoms. The molecular formula is C18H21ClFN3O3S. The van der Waals surface area contributed by atoms with Crippen LogP contribution in [-0.4, -0.2) is 51.2 Å². The Bertz CT molecular complexity index is 887. The molecule has 0 aliphatic rings. The number of benzene rings is 2. The molecule has 0 saturated carbocycles. The summed E-state index contributed by atoms with van der Waals surface area (Å²) in [7, 11) is 0.390. The normalized spacial score (nSPS) is 11.5. The van der Waals surface area contributed by atoms with Crippen LogP contribution in [0.15, 0.2) is 48.5 Å². The van der Waals surface area contributed by atoms with E-state index in [1.54, 1.807) is 31.3 Å². The Labute approximate surface area is 163 Å². The number of likely N-dealkylation sites (N-methyl/N-ethyl adjacent to an activating group) is 1. The molecule has 0 radical (unpaired) electrons. The van der Waals surface area contributed by atoms with Crippen LogP contribution in [0.2, 0.25) is 5.02 Å². The van der Waals surface area contributed by atoms with Gasteiger partial charge >= 0.3 is 10.2 Å². The number of nitrogens with zero attached hydrogens (tertiary/aromatic N) is 3. The van der Waals surface area contributed by atoms with Crippen LogP contribution in [0.1, 0.15) is 5.56 Å². The van der Waals surface area contributed by atoms with E-state index in [9.17, 15) is 17.6 Å². The minimum absolute atomic E-state index is 0.207. The molecule has 0 spiro atoms. The van der Waals surface area contributed by atoms with Crippen LogP contribution in [0.25, 0.3) is 0 Å². The molecule has 2 aromatic carbocycles. The second-order valence-corrected chi connectivity index (χ2v) is 8.65. The summed E-state index contributed by atoms with van der Waals surface area (Å²) in [5, 5.41) is 0.590. The summed E-state index contributed by atoms with van der Waals surface area (Å²) in [6.07, 6.45) is 0. The summed E-state index contributed by atoms with van der Waals surface area (Å²) in [5.41, 5.74) is 1.07. The van der Waals surface area contributed by atoms with Gasteiger partial charge in [0.15, 0.2) is 0 Å². The number of anilines is 1. The SMILES string of the molecule is CN(Cc1ccc(Cl)cc1)C(=O)CN(c1ccc(F)cc1)S(=O)(=O)N(C)C. The fourth-order valence-corrected chi connectivity index (χ4v) is 3.49. The van der Waals surface area contributed by atoms with Gasteiger partial charge in [-0.3, -0.25) is 4.79 Å².